The van der Waals surface area contributed by atoms with Crippen molar-refractivity contribution in [3.63, 3.8) is 0 Å². The number of aromatic nitrogens is 2. The van der Waals surface area contributed by atoms with Crippen molar-refractivity contribution in [2.45, 2.75) is 57.8 Å². The van der Waals surface area contributed by atoms with Gasteiger partial charge in [0.15, 0.2) is 0 Å². The third-order valence-electron chi connectivity index (χ3n) is 6.20. The Kier molecular flexibility index (Phi) is 5.44. The zero-order chi connectivity index (χ0) is 20.4. The Morgan fingerprint density at radius 2 is 1.86 bits per heavy atom. The van der Waals surface area contributed by atoms with Crippen molar-refractivity contribution in [2.24, 2.45) is 0 Å². The lowest BCUT2D eigenvalue weighted by Crippen LogP contribution is -2.38. The Hall–Kier alpha value is -2.62. The summed E-state index contributed by atoms with van der Waals surface area (Å²) in [6.07, 6.45) is 7.38. The number of amides is 1. The Morgan fingerprint density at radius 1 is 1.14 bits per heavy atom. The van der Waals surface area contributed by atoms with E-state index in [2.05, 4.69) is 67.3 Å². The lowest BCUT2D eigenvalue weighted by Gasteiger charge is -2.32. The summed E-state index contributed by atoms with van der Waals surface area (Å²) >= 11 is 0. The maximum atomic E-state index is 12.7. The number of aryl methyl sites for hydroxylation is 1. The minimum Gasteiger partial charge on any atom is -0.360 e. The number of rotatable bonds is 4. The van der Waals surface area contributed by atoms with Crippen LogP contribution in [0.1, 0.15) is 62.6 Å². The molecule has 0 bridgehead atoms. The number of H-pyrrole nitrogens is 1. The molecule has 2 aromatic heterocycles. The highest BCUT2D eigenvalue weighted by Gasteiger charge is 2.25. The number of fused-ring (bicyclic) bond motifs is 1. The SMILES string of the molecule is CC(C)(C)c1ccc(CCC(=O)N2CCC(c3c[nH]c4cccnc34)CC2)cc1. The van der Waals surface area contributed by atoms with Gasteiger partial charge < -0.3 is 9.88 Å². The number of benzene rings is 1. The molecule has 0 spiro atoms. The molecular formula is C25H31N3O. The number of nitrogens with one attached hydrogen (secondary N) is 1. The molecule has 4 rings (SSSR count). The van der Waals surface area contributed by atoms with Gasteiger partial charge >= 0.3 is 0 Å². The van der Waals surface area contributed by atoms with Crippen LogP contribution >= 0.6 is 0 Å². The summed E-state index contributed by atoms with van der Waals surface area (Å²) < 4.78 is 0. The second-order valence-corrected chi connectivity index (χ2v) is 9.25. The maximum absolute atomic E-state index is 12.7. The largest absolute Gasteiger partial charge is 0.360 e. The maximum Gasteiger partial charge on any atom is 0.222 e. The van der Waals surface area contributed by atoms with E-state index in [0.717, 1.165) is 43.4 Å². The fourth-order valence-electron chi connectivity index (χ4n) is 4.31. The molecule has 0 aliphatic carbocycles. The molecule has 1 fully saturated rings. The molecule has 152 valence electrons. The van der Waals surface area contributed by atoms with Crippen molar-refractivity contribution >= 4 is 16.9 Å². The first-order chi connectivity index (χ1) is 13.9. The quantitative estimate of drug-likeness (QED) is 0.667. The second kappa shape index (κ2) is 8.02. The Balaban J connectivity index is 1.30. The van der Waals surface area contributed by atoms with Crippen molar-refractivity contribution in [1.29, 1.82) is 0 Å². The van der Waals surface area contributed by atoms with Crippen LogP contribution in [0.25, 0.3) is 11.0 Å². The third-order valence-corrected chi connectivity index (χ3v) is 6.20. The van der Waals surface area contributed by atoms with Crippen LogP contribution in [0.4, 0.5) is 0 Å². The smallest absolute Gasteiger partial charge is 0.222 e. The zero-order valence-electron chi connectivity index (χ0n) is 17.7. The third kappa shape index (κ3) is 4.36. The molecule has 4 nitrogen and oxygen atoms in total. The summed E-state index contributed by atoms with van der Waals surface area (Å²) in [7, 11) is 0. The molecule has 0 radical (unpaired) electrons. The van der Waals surface area contributed by atoms with Crippen molar-refractivity contribution < 1.29 is 4.79 Å². The summed E-state index contributed by atoms with van der Waals surface area (Å²) in [6, 6.07) is 12.8. The number of carbonyl (C=O) groups excluding carboxylic acids is 1. The molecule has 3 heterocycles. The number of hydrogen-bond donors (Lipinski definition) is 1. The van der Waals surface area contributed by atoms with Crippen LogP contribution in [0.3, 0.4) is 0 Å². The van der Waals surface area contributed by atoms with E-state index in [1.807, 2.05) is 17.2 Å². The Morgan fingerprint density at radius 3 is 2.55 bits per heavy atom. The van der Waals surface area contributed by atoms with Crippen LogP contribution in [-0.4, -0.2) is 33.9 Å². The molecule has 1 aromatic carbocycles. The average molecular weight is 390 g/mol. The monoisotopic (exact) mass is 389 g/mol. The first kappa shape index (κ1) is 19.7. The minimum atomic E-state index is 0.166. The summed E-state index contributed by atoms with van der Waals surface area (Å²) in [4.78, 5) is 22.6. The Bertz CT molecular complexity index is 973. The lowest BCUT2D eigenvalue weighted by molar-refractivity contribution is -0.132. The van der Waals surface area contributed by atoms with E-state index in [-0.39, 0.29) is 11.3 Å². The van der Waals surface area contributed by atoms with E-state index in [4.69, 9.17) is 0 Å². The highest BCUT2D eigenvalue weighted by molar-refractivity contribution is 5.79. The predicted octanol–water partition coefficient (Wildman–Crippen LogP) is 5.20. The topological polar surface area (TPSA) is 49.0 Å². The zero-order valence-corrected chi connectivity index (χ0v) is 17.7. The molecule has 29 heavy (non-hydrogen) atoms. The molecule has 1 aliphatic heterocycles. The fraction of sp³-hybridized carbons (Fsp3) is 0.440. The summed E-state index contributed by atoms with van der Waals surface area (Å²) in [5.41, 5.74) is 6.22. The van der Waals surface area contributed by atoms with Gasteiger partial charge in [0.1, 0.15) is 0 Å². The number of piperidine rings is 1. The molecule has 1 amide bonds. The lowest BCUT2D eigenvalue weighted by atomic mass is 9.86. The van der Waals surface area contributed by atoms with Gasteiger partial charge in [0, 0.05) is 31.9 Å². The van der Waals surface area contributed by atoms with Crippen molar-refractivity contribution in [1.82, 2.24) is 14.9 Å². The van der Waals surface area contributed by atoms with E-state index >= 15 is 0 Å². The van der Waals surface area contributed by atoms with Crippen LogP contribution in [-0.2, 0) is 16.6 Å². The van der Waals surface area contributed by atoms with Gasteiger partial charge in [-0.1, -0.05) is 45.0 Å². The molecule has 1 N–H and O–H groups in total. The van der Waals surface area contributed by atoms with Crippen LogP contribution in [0.5, 0.6) is 0 Å². The predicted molar refractivity (Wildman–Crippen MR) is 118 cm³/mol. The Labute approximate surface area is 173 Å². The first-order valence-corrected chi connectivity index (χ1v) is 10.7. The molecule has 4 heteroatoms. The molecule has 1 aliphatic rings. The molecule has 0 saturated carbocycles. The summed E-state index contributed by atoms with van der Waals surface area (Å²) in [6.45, 7) is 8.35. The number of likely N-dealkylation sites (tertiary alicyclic amines) is 1. The number of nitrogens with zero attached hydrogens (tertiary/aromatic N) is 2. The van der Waals surface area contributed by atoms with Gasteiger partial charge in [-0.2, -0.15) is 0 Å². The normalized spacial score (nSPS) is 15.8. The van der Waals surface area contributed by atoms with Gasteiger partial charge in [-0.3, -0.25) is 9.78 Å². The van der Waals surface area contributed by atoms with E-state index in [1.54, 1.807) is 0 Å². The first-order valence-electron chi connectivity index (χ1n) is 10.7. The molecule has 3 aromatic rings. The molecule has 1 saturated heterocycles. The standard InChI is InChI=1S/C25H31N3O/c1-25(2,3)20-9-6-18(7-10-20)8-11-23(29)28-15-12-19(13-16-28)21-17-27-22-5-4-14-26-24(21)22/h4-7,9-10,14,17,19,27H,8,11-13,15-16H2,1-3H3. The highest BCUT2D eigenvalue weighted by atomic mass is 16.2. The van der Waals surface area contributed by atoms with E-state index in [0.29, 0.717) is 12.3 Å². The van der Waals surface area contributed by atoms with Crippen molar-refractivity contribution in [3.8, 4) is 0 Å². The molecule has 0 atom stereocenters. The molecular weight excluding hydrogens is 358 g/mol. The van der Waals surface area contributed by atoms with E-state index in [9.17, 15) is 4.79 Å². The highest BCUT2D eigenvalue weighted by Crippen LogP contribution is 2.32. The number of hydrogen-bond acceptors (Lipinski definition) is 2. The summed E-state index contributed by atoms with van der Waals surface area (Å²) in [5.74, 6) is 0.757. The molecule has 0 unspecified atom stereocenters. The van der Waals surface area contributed by atoms with E-state index in [1.165, 1.54) is 16.7 Å². The fourth-order valence-corrected chi connectivity index (χ4v) is 4.31. The number of pyridine rings is 1. The van der Waals surface area contributed by atoms with Crippen LogP contribution < -0.4 is 0 Å². The van der Waals surface area contributed by atoms with Crippen LogP contribution in [0, 0.1) is 0 Å². The summed E-state index contributed by atoms with van der Waals surface area (Å²) in [5, 5.41) is 0. The number of aromatic amines is 1. The van der Waals surface area contributed by atoms with Crippen molar-refractivity contribution in [3.05, 3.63) is 65.5 Å². The van der Waals surface area contributed by atoms with Gasteiger partial charge in [-0.25, -0.2) is 0 Å². The van der Waals surface area contributed by atoms with Gasteiger partial charge in [0.2, 0.25) is 5.91 Å². The second-order valence-electron chi connectivity index (χ2n) is 9.25. The van der Waals surface area contributed by atoms with E-state index < -0.39 is 0 Å². The average Bonchev–Trinajstić information content (AvgIpc) is 3.16. The minimum absolute atomic E-state index is 0.166. The van der Waals surface area contributed by atoms with Crippen LogP contribution in [0.2, 0.25) is 0 Å². The van der Waals surface area contributed by atoms with Gasteiger partial charge in [-0.15, -0.1) is 0 Å². The van der Waals surface area contributed by atoms with Gasteiger partial charge in [0.05, 0.1) is 11.0 Å². The van der Waals surface area contributed by atoms with Gasteiger partial charge in [-0.05, 0) is 59.4 Å². The number of carbonyl (C=O) groups is 1. The van der Waals surface area contributed by atoms with Crippen LogP contribution in [0.15, 0.2) is 48.8 Å². The van der Waals surface area contributed by atoms with Crippen molar-refractivity contribution in [2.75, 3.05) is 13.1 Å². The van der Waals surface area contributed by atoms with Gasteiger partial charge in [0.25, 0.3) is 0 Å².